The molecule has 0 radical (unpaired) electrons. The van der Waals surface area contributed by atoms with Crippen LogP contribution in [0.15, 0.2) is 18.2 Å². The van der Waals surface area contributed by atoms with Gasteiger partial charge in [-0.05, 0) is 63.0 Å². The third-order valence-electron chi connectivity index (χ3n) is 5.16. The summed E-state index contributed by atoms with van der Waals surface area (Å²) in [5.74, 6) is 1.00. The molecule has 0 N–H and O–H groups in total. The highest BCUT2D eigenvalue weighted by molar-refractivity contribution is 6.62. The van der Waals surface area contributed by atoms with Crippen molar-refractivity contribution in [2.24, 2.45) is 0 Å². The maximum atomic E-state index is 6.19. The van der Waals surface area contributed by atoms with Gasteiger partial charge in [0, 0.05) is 0 Å². The zero-order chi connectivity index (χ0) is 17.0. The zero-order valence-electron chi connectivity index (χ0n) is 15.5. The minimum atomic E-state index is -0.323. The van der Waals surface area contributed by atoms with Gasteiger partial charge in [0.2, 0.25) is 0 Å². The van der Waals surface area contributed by atoms with Gasteiger partial charge in [-0.25, -0.2) is 0 Å². The summed E-state index contributed by atoms with van der Waals surface area (Å²) in [5.41, 5.74) is 1.67. The zero-order valence-corrected chi connectivity index (χ0v) is 15.5. The predicted octanol–water partition coefficient (Wildman–Crippen LogP) is 3.82. The molecule has 1 aliphatic carbocycles. The van der Waals surface area contributed by atoms with Crippen LogP contribution in [0.25, 0.3) is 0 Å². The maximum absolute atomic E-state index is 6.19. The summed E-state index contributed by atoms with van der Waals surface area (Å²) >= 11 is 0. The van der Waals surface area contributed by atoms with E-state index in [1.165, 1.54) is 18.4 Å². The van der Waals surface area contributed by atoms with Crippen molar-refractivity contribution < 1.29 is 14.0 Å². The second kappa shape index (κ2) is 5.25. The molecular formula is C19H29BO3. The van der Waals surface area contributed by atoms with Crippen LogP contribution < -0.4 is 10.2 Å². The van der Waals surface area contributed by atoms with Crippen molar-refractivity contribution in [2.45, 2.75) is 84.0 Å². The molecule has 1 aromatic carbocycles. The summed E-state index contributed by atoms with van der Waals surface area (Å²) in [6, 6.07) is 6.36. The molecule has 3 rings (SSSR count). The molecule has 1 saturated heterocycles. The van der Waals surface area contributed by atoms with E-state index in [0.717, 1.165) is 11.2 Å². The fourth-order valence-electron chi connectivity index (χ4n) is 2.73. The van der Waals surface area contributed by atoms with E-state index >= 15 is 0 Å². The highest BCUT2D eigenvalue weighted by Crippen LogP contribution is 2.38. The second-order valence-electron chi connectivity index (χ2n) is 8.91. The molecule has 0 atom stereocenters. The maximum Gasteiger partial charge on any atom is 0.494 e. The van der Waals surface area contributed by atoms with E-state index in [1.54, 1.807) is 0 Å². The monoisotopic (exact) mass is 316 g/mol. The van der Waals surface area contributed by atoms with Crippen LogP contribution in [0.4, 0.5) is 0 Å². The quantitative estimate of drug-likeness (QED) is 0.793. The van der Waals surface area contributed by atoms with E-state index in [4.69, 9.17) is 14.0 Å². The van der Waals surface area contributed by atoms with Crippen LogP contribution in [0, 0.1) is 0 Å². The van der Waals surface area contributed by atoms with E-state index in [2.05, 4.69) is 66.7 Å². The molecule has 0 bridgehead atoms. The van der Waals surface area contributed by atoms with Crippen molar-refractivity contribution in [3.8, 4) is 5.75 Å². The van der Waals surface area contributed by atoms with Gasteiger partial charge in [-0.15, -0.1) is 0 Å². The van der Waals surface area contributed by atoms with Crippen molar-refractivity contribution in [2.75, 3.05) is 0 Å². The van der Waals surface area contributed by atoms with Gasteiger partial charge in [-0.1, -0.05) is 32.9 Å². The first-order valence-corrected chi connectivity index (χ1v) is 8.66. The Morgan fingerprint density at radius 2 is 1.61 bits per heavy atom. The standard InChI is InChI=1S/C19H29BO3/c1-17(2,3)15-12-13(8-11-16(15)21-14-9-10-14)20-22-18(4,5)19(6,7)23-20/h8,11-12,14H,9-10H2,1-7H3. The Balaban J connectivity index is 1.92. The smallest absolute Gasteiger partial charge is 0.490 e. The van der Waals surface area contributed by atoms with Crippen LogP contribution in [0.3, 0.4) is 0 Å². The third-order valence-corrected chi connectivity index (χ3v) is 5.16. The molecule has 1 aliphatic heterocycles. The second-order valence-corrected chi connectivity index (χ2v) is 8.91. The van der Waals surface area contributed by atoms with Gasteiger partial charge in [0.1, 0.15) is 5.75 Å². The summed E-state index contributed by atoms with van der Waals surface area (Å²) in [4.78, 5) is 0. The minimum Gasteiger partial charge on any atom is -0.490 e. The summed E-state index contributed by atoms with van der Waals surface area (Å²) in [7, 11) is -0.323. The number of rotatable bonds is 3. The molecule has 0 unspecified atom stereocenters. The lowest BCUT2D eigenvalue weighted by Gasteiger charge is -2.32. The van der Waals surface area contributed by atoms with Crippen molar-refractivity contribution in [3.05, 3.63) is 23.8 Å². The molecule has 126 valence electrons. The Labute approximate surface area is 140 Å². The summed E-state index contributed by atoms with van der Waals surface area (Å²) in [5, 5.41) is 0. The Bertz CT molecular complexity index is 581. The molecule has 0 aromatic heterocycles. The van der Waals surface area contributed by atoms with Crippen molar-refractivity contribution >= 4 is 12.6 Å². The van der Waals surface area contributed by atoms with E-state index in [1.807, 2.05) is 0 Å². The van der Waals surface area contributed by atoms with Gasteiger partial charge in [-0.2, -0.15) is 0 Å². The lowest BCUT2D eigenvalue weighted by molar-refractivity contribution is 0.00578. The molecule has 23 heavy (non-hydrogen) atoms. The summed E-state index contributed by atoms with van der Waals surface area (Å²) in [6.45, 7) is 15.0. The fraction of sp³-hybridized carbons (Fsp3) is 0.684. The first kappa shape index (κ1) is 16.8. The first-order valence-electron chi connectivity index (χ1n) is 8.66. The summed E-state index contributed by atoms with van der Waals surface area (Å²) < 4.78 is 18.5. The van der Waals surface area contributed by atoms with Gasteiger partial charge < -0.3 is 14.0 Å². The van der Waals surface area contributed by atoms with Gasteiger partial charge in [0.05, 0.1) is 17.3 Å². The molecule has 0 amide bonds. The van der Waals surface area contributed by atoms with Crippen LogP contribution in [0.5, 0.6) is 5.75 Å². The molecular weight excluding hydrogens is 287 g/mol. The highest BCUT2D eigenvalue weighted by atomic mass is 16.7. The van der Waals surface area contributed by atoms with Crippen LogP contribution in [0.2, 0.25) is 0 Å². The third kappa shape index (κ3) is 3.29. The van der Waals surface area contributed by atoms with Crippen LogP contribution in [-0.4, -0.2) is 24.4 Å². The van der Waals surface area contributed by atoms with E-state index < -0.39 is 0 Å². The first-order chi connectivity index (χ1) is 10.5. The normalized spacial score (nSPS) is 23.2. The SMILES string of the molecule is CC(C)(C)c1cc(B2OC(C)(C)C(C)(C)O2)ccc1OC1CC1. The van der Waals surface area contributed by atoms with Gasteiger partial charge in [0.15, 0.2) is 0 Å². The number of hydrogen-bond donors (Lipinski definition) is 0. The molecule has 2 fully saturated rings. The Kier molecular flexibility index (Phi) is 3.85. The number of benzene rings is 1. The number of hydrogen-bond acceptors (Lipinski definition) is 3. The lowest BCUT2D eigenvalue weighted by atomic mass is 9.75. The average molecular weight is 316 g/mol. The van der Waals surface area contributed by atoms with Crippen molar-refractivity contribution in [3.63, 3.8) is 0 Å². The highest BCUT2D eigenvalue weighted by Gasteiger charge is 2.51. The molecule has 3 nitrogen and oxygen atoms in total. The van der Waals surface area contributed by atoms with Crippen LogP contribution >= 0.6 is 0 Å². The predicted molar refractivity (Wildman–Crippen MR) is 94.5 cm³/mol. The Morgan fingerprint density at radius 3 is 2.09 bits per heavy atom. The fourth-order valence-corrected chi connectivity index (χ4v) is 2.73. The van der Waals surface area contributed by atoms with Crippen molar-refractivity contribution in [1.29, 1.82) is 0 Å². The van der Waals surface area contributed by atoms with Crippen molar-refractivity contribution in [1.82, 2.24) is 0 Å². The average Bonchev–Trinajstić information content (AvgIpc) is 3.16. The molecule has 1 aromatic rings. The van der Waals surface area contributed by atoms with E-state index in [9.17, 15) is 0 Å². The Hall–Kier alpha value is -0.995. The van der Waals surface area contributed by atoms with Crippen LogP contribution in [0.1, 0.15) is 66.9 Å². The van der Waals surface area contributed by atoms with Crippen LogP contribution in [-0.2, 0) is 14.7 Å². The topological polar surface area (TPSA) is 27.7 Å². The van der Waals surface area contributed by atoms with E-state index in [-0.39, 0.29) is 23.7 Å². The molecule has 2 aliphatic rings. The molecule has 4 heteroatoms. The van der Waals surface area contributed by atoms with Gasteiger partial charge >= 0.3 is 7.12 Å². The minimum absolute atomic E-state index is 0.0177. The molecule has 0 spiro atoms. The van der Waals surface area contributed by atoms with Gasteiger partial charge in [-0.3, -0.25) is 0 Å². The molecule has 1 heterocycles. The Morgan fingerprint density at radius 1 is 1.04 bits per heavy atom. The largest absolute Gasteiger partial charge is 0.494 e. The lowest BCUT2D eigenvalue weighted by Crippen LogP contribution is -2.41. The molecule has 1 saturated carbocycles. The van der Waals surface area contributed by atoms with Gasteiger partial charge in [0.25, 0.3) is 0 Å². The number of ether oxygens (including phenoxy) is 1. The van der Waals surface area contributed by atoms with E-state index in [0.29, 0.717) is 6.10 Å². The summed E-state index contributed by atoms with van der Waals surface area (Å²) in [6.07, 6.45) is 2.74.